The number of ether oxygens (including phenoxy) is 1. The van der Waals surface area contributed by atoms with Gasteiger partial charge < -0.3 is 25.2 Å². The summed E-state index contributed by atoms with van der Waals surface area (Å²) in [5.41, 5.74) is 0. The van der Waals surface area contributed by atoms with Crippen LogP contribution in [0.25, 0.3) is 0 Å². The zero-order chi connectivity index (χ0) is 41.4. The molecule has 0 aromatic rings. The lowest BCUT2D eigenvalue weighted by Crippen LogP contribution is -2.43. The van der Waals surface area contributed by atoms with Crippen molar-refractivity contribution in [2.75, 3.05) is 19.8 Å². The molecule has 11 nitrogen and oxygen atoms in total. The summed E-state index contributed by atoms with van der Waals surface area (Å²) in [5, 5.41) is 21.8. The van der Waals surface area contributed by atoms with Crippen LogP contribution in [0, 0.1) is 0 Å². The Hall–Kier alpha value is -2.56. The number of unbranched alkanes of at least 4 members (excludes halogenated alkanes) is 18. The van der Waals surface area contributed by atoms with E-state index >= 15 is 0 Å². The van der Waals surface area contributed by atoms with Crippen molar-refractivity contribution in [3.63, 3.8) is 0 Å². The van der Waals surface area contributed by atoms with Crippen molar-refractivity contribution in [1.29, 1.82) is 0 Å². The molecule has 3 unspecified atom stereocenters. The van der Waals surface area contributed by atoms with E-state index < -0.39 is 57.6 Å². The Morgan fingerprint density at radius 2 is 1.00 bits per heavy atom. The molecular weight excluding hydrogens is 733 g/mol. The molecule has 0 aromatic carbocycles. The van der Waals surface area contributed by atoms with E-state index in [1.807, 2.05) is 0 Å². The molecule has 0 spiro atoms. The summed E-state index contributed by atoms with van der Waals surface area (Å²) in [6.45, 7) is 2.49. The van der Waals surface area contributed by atoms with Crippen LogP contribution in [0.2, 0.25) is 0 Å². The molecule has 0 saturated carbocycles. The largest absolute Gasteiger partial charge is 0.480 e. The van der Waals surface area contributed by atoms with Gasteiger partial charge in [0.1, 0.15) is 12.7 Å². The van der Waals surface area contributed by atoms with Crippen LogP contribution in [0.1, 0.15) is 181 Å². The fourth-order valence-electron chi connectivity index (χ4n) is 5.65. The van der Waals surface area contributed by atoms with Gasteiger partial charge in [-0.1, -0.05) is 146 Å². The smallest absolute Gasteiger partial charge is 0.472 e. The van der Waals surface area contributed by atoms with Crippen molar-refractivity contribution >= 4 is 25.7 Å². The summed E-state index contributed by atoms with van der Waals surface area (Å²) >= 11 is 0. The second-order valence-corrected chi connectivity index (χ2v) is 16.0. The molecule has 324 valence electrons. The van der Waals surface area contributed by atoms with Gasteiger partial charge in [-0.3, -0.25) is 18.6 Å². The Morgan fingerprint density at radius 1 is 0.571 bits per heavy atom. The van der Waals surface area contributed by atoms with E-state index in [9.17, 15) is 34.1 Å². The molecule has 0 aliphatic rings. The van der Waals surface area contributed by atoms with Gasteiger partial charge in [0.2, 0.25) is 5.91 Å². The molecule has 12 heteroatoms. The first-order valence-electron chi connectivity index (χ1n) is 21.7. The van der Waals surface area contributed by atoms with Gasteiger partial charge in [0.15, 0.2) is 6.04 Å². The highest BCUT2D eigenvalue weighted by Gasteiger charge is 2.28. The molecule has 0 rings (SSSR count). The van der Waals surface area contributed by atoms with Gasteiger partial charge in [-0.2, -0.15) is 0 Å². The molecule has 0 heterocycles. The lowest BCUT2D eigenvalue weighted by atomic mass is 10.1. The number of carbonyl (C=O) groups is 3. The number of esters is 1. The average molecular weight is 812 g/mol. The molecule has 0 aliphatic carbocycles. The normalized spacial score (nSPS) is 14.2. The number of rotatable bonds is 40. The molecule has 0 radical (unpaired) electrons. The Kier molecular flexibility index (Phi) is 37.5. The van der Waals surface area contributed by atoms with E-state index in [1.54, 1.807) is 0 Å². The molecule has 0 fully saturated rings. The van der Waals surface area contributed by atoms with Gasteiger partial charge in [-0.15, -0.1) is 0 Å². The Bertz CT molecular complexity index is 1140. The fraction of sp³-hybridized carbons (Fsp3) is 0.750. The van der Waals surface area contributed by atoms with Gasteiger partial charge in [0.25, 0.3) is 0 Å². The third kappa shape index (κ3) is 38.3. The van der Waals surface area contributed by atoms with Gasteiger partial charge in [0.05, 0.1) is 13.2 Å². The first-order valence-corrected chi connectivity index (χ1v) is 23.2. The molecule has 0 aromatic heterocycles. The van der Waals surface area contributed by atoms with Crippen LogP contribution >= 0.6 is 7.82 Å². The van der Waals surface area contributed by atoms with Crippen molar-refractivity contribution in [3.05, 3.63) is 48.6 Å². The summed E-state index contributed by atoms with van der Waals surface area (Å²) in [6.07, 6.45) is 42.8. The van der Waals surface area contributed by atoms with Crippen LogP contribution in [0.5, 0.6) is 0 Å². The number of carboxylic acids is 1. The predicted molar refractivity (Wildman–Crippen MR) is 226 cm³/mol. The third-order valence-corrected chi connectivity index (χ3v) is 10.0. The van der Waals surface area contributed by atoms with Crippen LogP contribution in [-0.4, -0.2) is 64.9 Å². The standard InChI is InChI=1S/C44H78NO10P/c1-3-5-7-9-11-13-15-16-17-18-19-20-21-22-23-24-26-28-30-32-34-36-43(48)53-37-40(46)38-54-56(51,52)55-39-41(44(49)50)45-42(47)35-33-31-29-27-25-14-12-10-8-6-4-2/h10-13,16-17,19-20,40-41,46H,3-9,14-15,18,21-39H2,1-2H3,(H,45,47)(H,49,50)(H,51,52)/b12-10-,13-11-,17-16-,20-19-. The first-order chi connectivity index (χ1) is 27.1. The van der Waals surface area contributed by atoms with E-state index in [-0.39, 0.29) is 12.8 Å². The monoisotopic (exact) mass is 812 g/mol. The predicted octanol–water partition coefficient (Wildman–Crippen LogP) is 11.0. The van der Waals surface area contributed by atoms with Crippen LogP contribution < -0.4 is 5.32 Å². The Balaban J connectivity index is 3.88. The SMILES string of the molecule is CCCC/C=C\CCCCCCCC(=O)NC(COP(=O)(O)OCC(O)COC(=O)CCCCCCCCCC/C=C\C/C=C\C/C=C\CCCCC)C(=O)O. The van der Waals surface area contributed by atoms with Crippen molar-refractivity contribution < 1.29 is 47.8 Å². The molecule has 3 atom stereocenters. The van der Waals surface area contributed by atoms with E-state index in [4.69, 9.17) is 13.8 Å². The number of aliphatic hydroxyl groups is 1. The number of carboxylic acid groups (broad SMARTS) is 1. The minimum Gasteiger partial charge on any atom is -0.480 e. The summed E-state index contributed by atoms with van der Waals surface area (Å²) in [7, 11) is -4.76. The highest BCUT2D eigenvalue weighted by atomic mass is 31.2. The zero-order valence-electron chi connectivity index (χ0n) is 34.9. The summed E-state index contributed by atoms with van der Waals surface area (Å²) in [5.74, 6) is -2.40. The number of phosphoric ester groups is 1. The van der Waals surface area contributed by atoms with Crippen LogP contribution in [0.15, 0.2) is 48.6 Å². The average Bonchev–Trinajstić information content (AvgIpc) is 3.17. The van der Waals surface area contributed by atoms with Crippen molar-refractivity contribution in [3.8, 4) is 0 Å². The number of hydrogen-bond acceptors (Lipinski definition) is 8. The minimum atomic E-state index is -4.76. The number of hydrogen-bond donors (Lipinski definition) is 4. The van der Waals surface area contributed by atoms with Crippen LogP contribution in [-0.2, 0) is 32.7 Å². The van der Waals surface area contributed by atoms with E-state index in [0.29, 0.717) is 12.8 Å². The molecule has 0 aliphatic heterocycles. The van der Waals surface area contributed by atoms with Gasteiger partial charge in [0, 0.05) is 12.8 Å². The summed E-state index contributed by atoms with van der Waals surface area (Å²) < 4.78 is 26.8. The lowest BCUT2D eigenvalue weighted by Gasteiger charge is -2.18. The first kappa shape index (κ1) is 53.4. The number of allylic oxidation sites excluding steroid dienone is 8. The topological polar surface area (TPSA) is 169 Å². The molecular formula is C44H78NO10P. The number of nitrogens with one attached hydrogen (secondary N) is 1. The maximum Gasteiger partial charge on any atom is 0.472 e. The van der Waals surface area contributed by atoms with E-state index in [2.05, 4.69) is 67.8 Å². The molecule has 1 amide bonds. The highest BCUT2D eigenvalue weighted by molar-refractivity contribution is 7.47. The second-order valence-electron chi connectivity index (χ2n) is 14.5. The van der Waals surface area contributed by atoms with Gasteiger partial charge in [-0.25, -0.2) is 9.36 Å². The maximum absolute atomic E-state index is 12.2. The van der Waals surface area contributed by atoms with Gasteiger partial charge in [-0.05, 0) is 70.6 Å². The number of phosphoric acid groups is 1. The minimum absolute atomic E-state index is 0.133. The van der Waals surface area contributed by atoms with Crippen molar-refractivity contribution in [2.24, 2.45) is 0 Å². The summed E-state index contributed by atoms with van der Waals surface area (Å²) in [4.78, 5) is 45.8. The van der Waals surface area contributed by atoms with E-state index in [0.717, 1.165) is 77.0 Å². The molecule has 0 bridgehead atoms. The van der Waals surface area contributed by atoms with Crippen molar-refractivity contribution in [2.45, 2.75) is 193 Å². The van der Waals surface area contributed by atoms with Crippen LogP contribution in [0.4, 0.5) is 0 Å². The quantitative estimate of drug-likeness (QED) is 0.0202. The number of aliphatic carboxylic acids is 1. The molecule has 56 heavy (non-hydrogen) atoms. The van der Waals surface area contributed by atoms with Crippen LogP contribution in [0.3, 0.4) is 0 Å². The molecule has 4 N–H and O–H groups in total. The summed E-state index contributed by atoms with van der Waals surface area (Å²) in [6, 6.07) is -1.55. The van der Waals surface area contributed by atoms with E-state index in [1.165, 1.54) is 64.2 Å². The lowest BCUT2D eigenvalue weighted by molar-refractivity contribution is -0.147. The zero-order valence-corrected chi connectivity index (χ0v) is 35.8. The maximum atomic E-state index is 12.2. The Morgan fingerprint density at radius 3 is 1.54 bits per heavy atom. The number of carbonyl (C=O) groups excluding carboxylic acids is 2. The number of aliphatic hydroxyl groups excluding tert-OH is 1. The van der Waals surface area contributed by atoms with Crippen molar-refractivity contribution in [1.82, 2.24) is 5.32 Å². The molecule has 0 saturated heterocycles. The number of amides is 1. The second kappa shape index (κ2) is 39.3. The Labute approximate surface area is 339 Å². The highest BCUT2D eigenvalue weighted by Crippen LogP contribution is 2.43. The third-order valence-electron chi connectivity index (χ3n) is 9.09. The fourth-order valence-corrected chi connectivity index (χ4v) is 6.43. The van der Waals surface area contributed by atoms with Gasteiger partial charge >= 0.3 is 19.8 Å².